The third kappa shape index (κ3) is 5.32. The Morgan fingerprint density at radius 1 is 1.06 bits per heavy atom. The summed E-state index contributed by atoms with van der Waals surface area (Å²) >= 11 is 0. The highest BCUT2D eigenvalue weighted by Crippen LogP contribution is 2.28. The Hall–Kier alpha value is -3.15. The van der Waals surface area contributed by atoms with E-state index in [1.165, 1.54) is 5.56 Å². The predicted octanol–water partition coefficient (Wildman–Crippen LogP) is 4.13. The zero-order chi connectivity index (χ0) is 22.7. The number of hydrogen-bond donors (Lipinski definition) is 2. The van der Waals surface area contributed by atoms with Crippen LogP contribution < -0.4 is 15.5 Å². The van der Waals surface area contributed by atoms with Gasteiger partial charge in [0.1, 0.15) is 0 Å². The van der Waals surface area contributed by atoms with E-state index in [4.69, 9.17) is 0 Å². The van der Waals surface area contributed by atoms with Gasteiger partial charge < -0.3 is 15.5 Å². The lowest BCUT2D eigenvalue weighted by Crippen LogP contribution is -2.34. The Morgan fingerprint density at radius 3 is 2.48 bits per heavy atom. The molecule has 2 atom stereocenters. The van der Waals surface area contributed by atoms with E-state index in [0.29, 0.717) is 17.9 Å². The molecule has 0 spiro atoms. The highest BCUT2D eigenvalue weighted by atomic mass is 16.2. The maximum absolute atomic E-state index is 12.9. The second-order valence-electron chi connectivity index (χ2n) is 8.69. The van der Waals surface area contributed by atoms with Crippen molar-refractivity contribution in [2.75, 3.05) is 16.8 Å². The SMILES string of the molecule is Cc1ccc([C@@H](C)NC(=O)[C@@H]2CC(=O)N(c3cccc(NC(=O)C(C)C)c3)C2)c(C)c1. The van der Waals surface area contributed by atoms with E-state index in [9.17, 15) is 14.4 Å². The van der Waals surface area contributed by atoms with Crippen LogP contribution in [0.3, 0.4) is 0 Å². The first-order chi connectivity index (χ1) is 14.7. The standard InChI is InChI=1S/C25H31N3O3/c1-15(2)24(30)27-20-7-6-8-21(13-20)28-14-19(12-23(28)29)25(31)26-18(5)22-10-9-16(3)11-17(22)4/h6-11,13,15,18-19H,12,14H2,1-5H3,(H,26,31)(H,27,30)/t18-,19-/m1/s1. The molecule has 1 saturated heterocycles. The molecule has 0 unspecified atom stereocenters. The highest BCUT2D eigenvalue weighted by Gasteiger charge is 2.35. The van der Waals surface area contributed by atoms with Crippen LogP contribution in [-0.2, 0) is 14.4 Å². The predicted molar refractivity (Wildman–Crippen MR) is 123 cm³/mol. The van der Waals surface area contributed by atoms with Crippen LogP contribution in [-0.4, -0.2) is 24.3 Å². The van der Waals surface area contributed by atoms with Crippen LogP contribution in [0.2, 0.25) is 0 Å². The van der Waals surface area contributed by atoms with E-state index in [1.54, 1.807) is 23.1 Å². The van der Waals surface area contributed by atoms with Gasteiger partial charge in [-0.1, -0.05) is 43.7 Å². The van der Waals surface area contributed by atoms with E-state index in [1.807, 2.05) is 52.8 Å². The van der Waals surface area contributed by atoms with Crippen molar-refractivity contribution in [3.63, 3.8) is 0 Å². The maximum atomic E-state index is 12.9. The van der Waals surface area contributed by atoms with Gasteiger partial charge in [0.2, 0.25) is 17.7 Å². The smallest absolute Gasteiger partial charge is 0.227 e. The summed E-state index contributed by atoms with van der Waals surface area (Å²) in [5.74, 6) is -0.833. The van der Waals surface area contributed by atoms with Gasteiger partial charge in [-0.15, -0.1) is 0 Å². The van der Waals surface area contributed by atoms with Crippen molar-refractivity contribution in [1.29, 1.82) is 0 Å². The molecule has 0 radical (unpaired) electrons. The summed E-state index contributed by atoms with van der Waals surface area (Å²) in [5, 5.41) is 5.92. The normalized spacial score (nSPS) is 17.0. The molecule has 3 amide bonds. The summed E-state index contributed by atoms with van der Waals surface area (Å²) in [6.45, 7) is 10.0. The van der Waals surface area contributed by atoms with Gasteiger partial charge in [0.25, 0.3) is 0 Å². The van der Waals surface area contributed by atoms with Crippen molar-refractivity contribution in [3.8, 4) is 0 Å². The van der Waals surface area contributed by atoms with Crippen molar-refractivity contribution in [3.05, 3.63) is 59.2 Å². The van der Waals surface area contributed by atoms with Gasteiger partial charge in [-0.2, -0.15) is 0 Å². The van der Waals surface area contributed by atoms with Crippen molar-refractivity contribution in [2.45, 2.75) is 47.1 Å². The van der Waals surface area contributed by atoms with Gasteiger partial charge in [-0.3, -0.25) is 14.4 Å². The van der Waals surface area contributed by atoms with Crippen molar-refractivity contribution in [1.82, 2.24) is 5.32 Å². The van der Waals surface area contributed by atoms with Gasteiger partial charge in [0.15, 0.2) is 0 Å². The Labute approximate surface area is 184 Å². The lowest BCUT2D eigenvalue weighted by atomic mass is 9.99. The number of rotatable bonds is 6. The van der Waals surface area contributed by atoms with E-state index in [-0.39, 0.29) is 36.1 Å². The first kappa shape index (κ1) is 22.5. The number of anilines is 2. The number of carbonyl (C=O) groups excluding carboxylic acids is 3. The summed E-state index contributed by atoms with van der Waals surface area (Å²) in [7, 11) is 0. The fourth-order valence-electron chi connectivity index (χ4n) is 3.89. The second kappa shape index (κ2) is 9.33. The fraction of sp³-hybridized carbons (Fsp3) is 0.400. The molecular weight excluding hydrogens is 390 g/mol. The molecule has 1 aliphatic rings. The number of nitrogens with zero attached hydrogens (tertiary/aromatic N) is 1. The fourth-order valence-corrected chi connectivity index (χ4v) is 3.89. The number of hydrogen-bond acceptors (Lipinski definition) is 3. The van der Waals surface area contributed by atoms with Crippen molar-refractivity contribution < 1.29 is 14.4 Å². The molecule has 0 bridgehead atoms. The zero-order valence-corrected chi connectivity index (χ0v) is 18.9. The number of carbonyl (C=O) groups is 3. The summed E-state index contributed by atoms with van der Waals surface area (Å²) in [5.41, 5.74) is 4.72. The molecule has 0 saturated carbocycles. The third-order valence-electron chi connectivity index (χ3n) is 5.70. The molecule has 6 nitrogen and oxygen atoms in total. The first-order valence-electron chi connectivity index (χ1n) is 10.7. The molecule has 2 aromatic carbocycles. The summed E-state index contributed by atoms with van der Waals surface area (Å²) in [6.07, 6.45) is 0.175. The third-order valence-corrected chi connectivity index (χ3v) is 5.70. The Kier molecular flexibility index (Phi) is 6.78. The van der Waals surface area contributed by atoms with Crippen molar-refractivity contribution >= 4 is 29.1 Å². The molecule has 0 aromatic heterocycles. The molecule has 1 heterocycles. The van der Waals surface area contributed by atoms with Crippen LogP contribution in [0.15, 0.2) is 42.5 Å². The Balaban J connectivity index is 1.67. The van der Waals surface area contributed by atoms with Gasteiger partial charge in [0.05, 0.1) is 12.0 Å². The summed E-state index contributed by atoms with van der Waals surface area (Å²) < 4.78 is 0. The summed E-state index contributed by atoms with van der Waals surface area (Å²) in [6, 6.07) is 13.2. The number of amides is 3. The number of aryl methyl sites for hydroxylation is 2. The molecule has 31 heavy (non-hydrogen) atoms. The molecule has 1 aliphatic heterocycles. The van der Waals surface area contributed by atoms with Crippen LogP contribution >= 0.6 is 0 Å². The monoisotopic (exact) mass is 421 g/mol. The molecule has 164 valence electrons. The quantitative estimate of drug-likeness (QED) is 0.736. The number of nitrogens with one attached hydrogen (secondary N) is 2. The number of benzene rings is 2. The van der Waals surface area contributed by atoms with Crippen LogP contribution in [0, 0.1) is 25.7 Å². The molecule has 2 N–H and O–H groups in total. The van der Waals surface area contributed by atoms with Gasteiger partial charge >= 0.3 is 0 Å². The van der Waals surface area contributed by atoms with Crippen molar-refractivity contribution in [2.24, 2.45) is 11.8 Å². The van der Waals surface area contributed by atoms with Crippen LogP contribution in [0.1, 0.15) is 49.9 Å². The molecular formula is C25H31N3O3. The molecule has 2 aromatic rings. The average Bonchev–Trinajstić information content (AvgIpc) is 3.09. The lowest BCUT2D eigenvalue weighted by Gasteiger charge is -2.20. The van der Waals surface area contributed by atoms with E-state index >= 15 is 0 Å². The highest BCUT2D eigenvalue weighted by molar-refractivity contribution is 6.01. The molecule has 6 heteroatoms. The Morgan fingerprint density at radius 2 is 1.81 bits per heavy atom. The zero-order valence-electron chi connectivity index (χ0n) is 18.9. The second-order valence-corrected chi connectivity index (χ2v) is 8.69. The first-order valence-corrected chi connectivity index (χ1v) is 10.7. The molecule has 3 rings (SSSR count). The maximum Gasteiger partial charge on any atom is 0.227 e. The molecule has 1 fully saturated rings. The van der Waals surface area contributed by atoms with Crippen LogP contribution in [0.4, 0.5) is 11.4 Å². The Bertz CT molecular complexity index is 999. The van der Waals surface area contributed by atoms with E-state index in [0.717, 1.165) is 11.1 Å². The van der Waals surface area contributed by atoms with E-state index in [2.05, 4.69) is 16.7 Å². The topological polar surface area (TPSA) is 78.5 Å². The average molecular weight is 422 g/mol. The molecule has 0 aliphatic carbocycles. The van der Waals surface area contributed by atoms with E-state index < -0.39 is 5.92 Å². The minimum atomic E-state index is -0.408. The summed E-state index contributed by atoms with van der Waals surface area (Å²) in [4.78, 5) is 39.1. The van der Waals surface area contributed by atoms with Gasteiger partial charge in [-0.05, 0) is 50.1 Å². The minimum absolute atomic E-state index is 0.0810. The lowest BCUT2D eigenvalue weighted by molar-refractivity contribution is -0.126. The van der Waals surface area contributed by atoms with Gasteiger partial charge in [0, 0.05) is 30.3 Å². The van der Waals surface area contributed by atoms with Crippen LogP contribution in [0.25, 0.3) is 0 Å². The minimum Gasteiger partial charge on any atom is -0.349 e. The van der Waals surface area contributed by atoms with Crippen LogP contribution in [0.5, 0.6) is 0 Å². The largest absolute Gasteiger partial charge is 0.349 e. The van der Waals surface area contributed by atoms with Gasteiger partial charge in [-0.25, -0.2) is 0 Å².